The fourth-order valence-corrected chi connectivity index (χ4v) is 5.67. The smallest absolute Gasteiger partial charge is 0.271 e. The maximum absolute atomic E-state index is 13.7. The lowest BCUT2D eigenvalue weighted by atomic mass is 9.81. The number of rotatable bonds is 4. The second kappa shape index (κ2) is 8.93. The molecule has 1 aliphatic carbocycles. The van der Waals surface area contributed by atoms with E-state index in [1.807, 2.05) is 48.5 Å². The van der Waals surface area contributed by atoms with Gasteiger partial charge in [0.05, 0.1) is 5.69 Å². The lowest BCUT2D eigenvalue weighted by molar-refractivity contribution is -0.135. The van der Waals surface area contributed by atoms with Crippen molar-refractivity contribution < 1.29 is 19.1 Å². The van der Waals surface area contributed by atoms with E-state index >= 15 is 0 Å². The summed E-state index contributed by atoms with van der Waals surface area (Å²) in [6.45, 7) is 0. The van der Waals surface area contributed by atoms with Crippen LogP contribution in [0.2, 0.25) is 5.02 Å². The Morgan fingerprint density at radius 2 is 1.28 bits per heavy atom. The molecule has 39 heavy (non-hydrogen) atoms. The largest absolute Gasteiger partial charge is 0.478 e. The van der Waals surface area contributed by atoms with Crippen LogP contribution in [0.4, 0.5) is 5.69 Å². The van der Waals surface area contributed by atoms with Crippen molar-refractivity contribution in [3.05, 3.63) is 142 Å². The second-order valence-corrected chi connectivity index (χ2v) is 10.1. The number of carbonyl (C=O) groups excluding carboxylic acids is 3. The number of anilines is 1. The van der Waals surface area contributed by atoms with Crippen molar-refractivity contribution in [2.75, 3.05) is 4.90 Å². The number of fused-ring (bicyclic) bond motifs is 3. The number of ether oxygens (including phenoxy) is 1. The highest BCUT2D eigenvalue weighted by molar-refractivity contribution is 6.30. The number of halogens is 1. The van der Waals surface area contributed by atoms with Gasteiger partial charge in [0.15, 0.2) is 11.6 Å². The summed E-state index contributed by atoms with van der Waals surface area (Å²) in [5.74, 6) is -0.0777. The molecule has 2 atom stereocenters. The molecule has 5 nitrogen and oxygen atoms in total. The Labute approximate surface area is 229 Å². The van der Waals surface area contributed by atoms with Gasteiger partial charge in [-0.2, -0.15) is 0 Å². The lowest BCUT2D eigenvalue weighted by Crippen LogP contribution is -2.61. The van der Waals surface area contributed by atoms with Gasteiger partial charge in [-0.25, -0.2) is 0 Å². The number of hydrogen-bond donors (Lipinski definition) is 0. The summed E-state index contributed by atoms with van der Waals surface area (Å²) >= 11 is 6.05. The van der Waals surface area contributed by atoms with Gasteiger partial charge in [-0.3, -0.25) is 19.3 Å². The minimum atomic E-state index is -0.829. The highest BCUT2D eigenvalue weighted by Crippen LogP contribution is 2.44. The minimum absolute atomic E-state index is 0.184. The zero-order chi connectivity index (χ0) is 26.7. The van der Waals surface area contributed by atoms with Gasteiger partial charge in [0.25, 0.3) is 5.91 Å². The normalized spacial score (nSPS) is 18.0. The third-order valence-corrected chi connectivity index (χ3v) is 7.69. The molecule has 1 aliphatic heterocycles. The zero-order valence-corrected chi connectivity index (χ0v) is 21.3. The van der Waals surface area contributed by atoms with Crippen LogP contribution in [0.25, 0.3) is 10.8 Å². The molecule has 0 spiro atoms. The van der Waals surface area contributed by atoms with Crippen LogP contribution in [0, 0.1) is 0 Å². The molecule has 2 aliphatic rings. The van der Waals surface area contributed by atoms with E-state index in [2.05, 4.69) is 0 Å². The summed E-state index contributed by atoms with van der Waals surface area (Å²) in [5.41, 5.74) is 2.95. The Bertz CT molecular complexity index is 1820. The number of benzene rings is 5. The van der Waals surface area contributed by atoms with Crippen LogP contribution in [0.3, 0.4) is 0 Å². The molecule has 5 aromatic carbocycles. The molecule has 1 heterocycles. The molecule has 7 rings (SSSR count). The molecule has 0 radical (unpaired) electrons. The average Bonchev–Trinajstić information content (AvgIpc) is 2.98. The first-order chi connectivity index (χ1) is 19.0. The predicted octanol–water partition coefficient (Wildman–Crippen LogP) is 6.80. The van der Waals surface area contributed by atoms with Crippen LogP contribution in [-0.2, 0) is 4.79 Å². The van der Waals surface area contributed by atoms with E-state index in [0.717, 1.165) is 16.5 Å². The van der Waals surface area contributed by atoms with Gasteiger partial charge in [-0.15, -0.1) is 0 Å². The van der Waals surface area contributed by atoms with Crippen LogP contribution >= 0.6 is 11.6 Å². The first-order valence-electron chi connectivity index (χ1n) is 12.6. The highest BCUT2D eigenvalue weighted by atomic mass is 35.5. The zero-order valence-electron chi connectivity index (χ0n) is 20.5. The Morgan fingerprint density at radius 3 is 2.05 bits per heavy atom. The monoisotopic (exact) mass is 529 g/mol. The number of nitrogens with zero attached hydrogens (tertiary/aromatic N) is 1. The molecular weight excluding hydrogens is 510 g/mol. The van der Waals surface area contributed by atoms with E-state index in [-0.39, 0.29) is 17.5 Å². The van der Waals surface area contributed by atoms with Crippen LogP contribution in [0.5, 0.6) is 5.75 Å². The lowest BCUT2D eigenvalue weighted by Gasteiger charge is -2.47. The van der Waals surface area contributed by atoms with Gasteiger partial charge < -0.3 is 4.74 Å². The van der Waals surface area contributed by atoms with Crippen molar-refractivity contribution in [1.82, 2.24) is 0 Å². The van der Waals surface area contributed by atoms with Gasteiger partial charge >= 0.3 is 0 Å². The van der Waals surface area contributed by atoms with Crippen molar-refractivity contribution in [3.63, 3.8) is 0 Å². The van der Waals surface area contributed by atoms with Gasteiger partial charge in [-0.05, 0) is 53.4 Å². The highest BCUT2D eigenvalue weighted by Gasteiger charge is 2.52. The maximum atomic E-state index is 13.7. The topological polar surface area (TPSA) is 63.7 Å². The molecule has 1 saturated heterocycles. The molecule has 0 N–H and O–H groups in total. The Balaban J connectivity index is 1.35. The fraction of sp³-hybridized carbons (Fsp3) is 0.0606. The quantitative estimate of drug-likeness (QED) is 0.235. The van der Waals surface area contributed by atoms with Gasteiger partial charge in [-0.1, -0.05) is 78.3 Å². The summed E-state index contributed by atoms with van der Waals surface area (Å²) in [6.07, 6.45) is -0.829. The van der Waals surface area contributed by atoms with Gasteiger partial charge in [0.2, 0.25) is 6.10 Å². The van der Waals surface area contributed by atoms with Crippen molar-refractivity contribution >= 4 is 45.5 Å². The van der Waals surface area contributed by atoms with E-state index < -0.39 is 12.1 Å². The van der Waals surface area contributed by atoms with E-state index in [4.69, 9.17) is 16.3 Å². The average molecular weight is 530 g/mol. The van der Waals surface area contributed by atoms with Gasteiger partial charge in [0.1, 0.15) is 11.8 Å². The number of ketones is 2. The molecule has 6 heteroatoms. The number of β-lactam (4-membered cyclic amide) rings is 1. The summed E-state index contributed by atoms with van der Waals surface area (Å²) in [5, 5.41) is 2.50. The third-order valence-electron chi connectivity index (χ3n) is 7.44. The van der Waals surface area contributed by atoms with Crippen LogP contribution in [0.1, 0.15) is 43.4 Å². The van der Waals surface area contributed by atoms with E-state index in [1.165, 1.54) is 0 Å². The molecule has 0 aromatic heterocycles. The Hall–Kier alpha value is -4.74. The molecule has 0 saturated carbocycles. The van der Waals surface area contributed by atoms with Gasteiger partial charge in [0, 0.05) is 32.7 Å². The molecule has 188 valence electrons. The predicted molar refractivity (Wildman–Crippen MR) is 150 cm³/mol. The summed E-state index contributed by atoms with van der Waals surface area (Å²) in [7, 11) is 0. The first-order valence-corrected chi connectivity index (χ1v) is 12.9. The van der Waals surface area contributed by atoms with Crippen LogP contribution in [0.15, 0.2) is 109 Å². The Kier molecular flexibility index (Phi) is 5.35. The first kappa shape index (κ1) is 23.4. The number of hydrogen-bond acceptors (Lipinski definition) is 4. The van der Waals surface area contributed by atoms with Crippen molar-refractivity contribution in [1.29, 1.82) is 0 Å². The standard InChI is InChI=1S/C33H20ClNO4/c34-21-13-15-22(16-14-21)39-32-29(35(33(32)38)28-11-5-7-19-6-1-2-8-23(19)28)20-12-17-26-27(18-20)31(37)25-10-4-3-9-24(25)30(26)36/h1-18,29,32H. The van der Waals surface area contributed by atoms with E-state index in [9.17, 15) is 14.4 Å². The van der Waals surface area contributed by atoms with Crippen LogP contribution in [-0.4, -0.2) is 23.6 Å². The van der Waals surface area contributed by atoms with E-state index in [0.29, 0.717) is 38.6 Å². The maximum Gasteiger partial charge on any atom is 0.271 e. The number of amides is 1. The summed E-state index contributed by atoms with van der Waals surface area (Å²) in [4.78, 5) is 42.0. The van der Waals surface area contributed by atoms with Crippen molar-refractivity contribution in [2.24, 2.45) is 0 Å². The second-order valence-electron chi connectivity index (χ2n) is 9.65. The van der Waals surface area contributed by atoms with Crippen molar-refractivity contribution in [3.8, 4) is 5.75 Å². The molecule has 1 fully saturated rings. The van der Waals surface area contributed by atoms with Crippen molar-refractivity contribution in [2.45, 2.75) is 12.1 Å². The minimum Gasteiger partial charge on any atom is -0.478 e. The molecule has 1 amide bonds. The third kappa shape index (κ3) is 3.66. The van der Waals surface area contributed by atoms with E-state index in [1.54, 1.807) is 65.6 Å². The number of carbonyl (C=O) groups is 3. The molecular formula is C33H20ClNO4. The molecule has 5 aromatic rings. The fourth-order valence-electron chi connectivity index (χ4n) is 5.55. The molecule has 0 bridgehead atoms. The summed E-state index contributed by atoms with van der Waals surface area (Å²) in [6, 6.07) is 32.1. The summed E-state index contributed by atoms with van der Waals surface area (Å²) < 4.78 is 6.19. The SMILES string of the molecule is O=C1c2ccccc2C(=O)c2cc(C3C(Oc4ccc(Cl)cc4)C(=O)N3c3cccc4ccccc34)ccc21. The van der Waals surface area contributed by atoms with Crippen LogP contribution < -0.4 is 9.64 Å². The Morgan fingerprint density at radius 1 is 0.641 bits per heavy atom. The molecule has 2 unspecified atom stereocenters.